The second-order valence-electron chi connectivity index (χ2n) is 5.72. The molecule has 1 saturated heterocycles. The van der Waals surface area contributed by atoms with Gasteiger partial charge >= 0.3 is 0 Å². The summed E-state index contributed by atoms with van der Waals surface area (Å²) in [5.74, 6) is 1.03. The Balaban J connectivity index is 1.41. The van der Waals surface area contributed by atoms with Gasteiger partial charge in [0.15, 0.2) is 0 Å². The second-order valence-corrected chi connectivity index (χ2v) is 6.67. The van der Waals surface area contributed by atoms with Crippen LogP contribution in [0, 0.1) is 5.92 Å². The summed E-state index contributed by atoms with van der Waals surface area (Å²) in [5.41, 5.74) is 0. The molecule has 1 saturated carbocycles. The first-order valence-corrected chi connectivity index (χ1v) is 8.43. The van der Waals surface area contributed by atoms with Gasteiger partial charge in [0.2, 0.25) is 5.91 Å². The van der Waals surface area contributed by atoms with Crippen LogP contribution in [-0.2, 0) is 4.79 Å². The van der Waals surface area contributed by atoms with E-state index < -0.39 is 0 Å². The highest BCUT2D eigenvalue weighted by Gasteiger charge is 2.25. The molecule has 21 heavy (non-hydrogen) atoms. The molecule has 2 aliphatic rings. The van der Waals surface area contributed by atoms with Gasteiger partial charge in [-0.2, -0.15) is 0 Å². The molecule has 0 aromatic carbocycles. The van der Waals surface area contributed by atoms with Crippen molar-refractivity contribution in [2.75, 3.05) is 39.3 Å². The standard InChI is InChI=1S/C15H21N3O2S/c19-14(11-16-10-12-3-4-12)17-5-7-18(8-6-17)15(20)13-2-1-9-21-13/h1-2,9,12,16H,3-8,10-11H2. The van der Waals surface area contributed by atoms with Crippen LogP contribution in [0.1, 0.15) is 22.5 Å². The molecular weight excluding hydrogens is 286 g/mol. The zero-order chi connectivity index (χ0) is 14.7. The molecule has 0 bridgehead atoms. The maximum atomic E-state index is 12.2. The number of thiophene rings is 1. The lowest BCUT2D eigenvalue weighted by atomic mass is 10.3. The van der Waals surface area contributed by atoms with Crippen molar-refractivity contribution in [3.63, 3.8) is 0 Å². The van der Waals surface area contributed by atoms with Crippen molar-refractivity contribution >= 4 is 23.2 Å². The predicted octanol–water partition coefficient (Wildman–Crippen LogP) is 1.03. The molecule has 2 heterocycles. The maximum Gasteiger partial charge on any atom is 0.264 e. The number of rotatable bonds is 5. The van der Waals surface area contributed by atoms with E-state index in [9.17, 15) is 9.59 Å². The summed E-state index contributed by atoms with van der Waals surface area (Å²) in [6.45, 7) is 3.93. The maximum absolute atomic E-state index is 12.2. The number of carbonyl (C=O) groups is 2. The van der Waals surface area contributed by atoms with Gasteiger partial charge in [-0.25, -0.2) is 0 Å². The second kappa shape index (κ2) is 6.58. The van der Waals surface area contributed by atoms with E-state index >= 15 is 0 Å². The van der Waals surface area contributed by atoms with Gasteiger partial charge in [0.1, 0.15) is 0 Å². The molecule has 5 nitrogen and oxygen atoms in total. The first kappa shape index (κ1) is 14.5. The molecule has 1 aliphatic carbocycles. The van der Waals surface area contributed by atoms with Gasteiger partial charge in [-0.1, -0.05) is 6.07 Å². The van der Waals surface area contributed by atoms with Crippen LogP contribution in [0.3, 0.4) is 0 Å². The van der Waals surface area contributed by atoms with E-state index in [1.807, 2.05) is 27.3 Å². The van der Waals surface area contributed by atoms with Gasteiger partial charge in [0.25, 0.3) is 5.91 Å². The minimum atomic E-state index is 0.0870. The van der Waals surface area contributed by atoms with Crippen molar-refractivity contribution in [3.05, 3.63) is 22.4 Å². The van der Waals surface area contributed by atoms with Crippen molar-refractivity contribution in [2.24, 2.45) is 5.92 Å². The van der Waals surface area contributed by atoms with Crippen molar-refractivity contribution in [3.8, 4) is 0 Å². The Morgan fingerprint density at radius 2 is 1.90 bits per heavy atom. The molecule has 0 spiro atoms. The lowest BCUT2D eigenvalue weighted by molar-refractivity contribution is -0.131. The van der Waals surface area contributed by atoms with E-state index in [2.05, 4.69) is 5.32 Å². The molecule has 1 N–H and O–H groups in total. The lowest BCUT2D eigenvalue weighted by Gasteiger charge is -2.34. The number of hydrogen-bond acceptors (Lipinski definition) is 4. The van der Waals surface area contributed by atoms with Crippen LogP contribution in [-0.4, -0.2) is 60.9 Å². The largest absolute Gasteiger partial charge is 0.338 e. The molecule has 1 aromatic rings. The van der Waals surface area contributed by atoms with Crippen molar-refractivity contribution in [1.82, 2.24) is 15.1 Å². The molecule has 1 aliphatic heterocycles. The first-order valence-electron chi connectivity index (χ1n) is 7.55. The third-order valence-corrected chi connectivity index (χ3v) is 4.92. The molecule has 2 amide bonds. The van der Waals surface area contributed by atoms with E-state index in [-0.39, 0.29) is 11.8 Å². The Morgan fingerprint density at radius 3 is 2.52 bits per heavy atom. The van der Waals surface area contributed by atoms with E-state index in [0.29, 0.717) is 32.7 Å². The minimum Gasteiger partial charge on any atom is -0.338 e. The number of piperazine rings is 1. The Kier molecular flexibility index (Phi) is 4.55. The zero-order valence-corrected chi connectivity index (χ0v) is 12.9. The van der Waals surface area contributed by atoms with Crippen LogP contribution >= 0.6 is 11.3 Å². The van der Waals surface area contributed by atoms with Gasteiger partial charge in [-0.15, -0.1) is 11.3 Å². The van der Waals surface area contributed by atoms with Crippen molar-refractivity contribution in [1.29, 1.82) is 0 Å². The number of hydrogen-bond donors (Lipinski definition) is 1. The molecule has 1 aromatic heterocycles. The SMILES string of the molecule is O=C(CNCC1CC1)N1CCN(C(=O)c2cccs2)CC1. The van der Waals surface area contributed by atoms with E-state index in [1.165, 1.54) is 24.2 Å². The van der Waals surface area contributed by atoms with Gasteiger partial charge in [0, 0.05) is 26.2 Å². The molecule has 114 valence electrons. The van der Waals surface area contributed by atoms with E-state index in [0.717, 1.165) is 17.3 Å². The third kappa shape index (κ3) is 3.83. The normalized spacial score (nSPS) is 18.9. The molecule has 0 unspecified atom stereocenters. The van der Waals surface area contributed by atoms with Gasteiger partial charge in [-0.3, -0.25) is 9.59 Å². The van der Waals surface area contributed by atoms with E-state index in [4.69, 9.17) is 0 Å². The fourth-order valence-corrected chi connectivity index (χ4v) is 3.22. The van der Waals surface area contributed by atoms with Crippen LogP contribution in [0.15, 0.2) is 17.5 Å². The van der Waals surface area contributed by atoms with E-state index in [1.54, 1.807) is 0 Å². The average molecular weight is 307 g/mol. The molecule has 3 rings (SSSR count). The summed E-state index contributed by atoms with van der Waals surface area (Å²) in [5, 5.41) is 5.15. The topological polar surface area (TPSA) is 52.7 Å². The summed E-state index contributed by atoms with van der Waals surface area (Å²) >= 11 is 1.47. The van der Waals surface area contributed by atoms with Gasteiger partial charge in [0.05, 0.1) is 11.4 Å². The number of carbonyl (C=O) groups excluding carboxylic acids is 2. The molecule has 6 heteroatoms. The van der Waals surface area contributed by atoms with Crippen LogP contribution < -0.4 is 5.32 Å². The Labute approximate surface area is 128 Å². The monoisotopic (exact) mass is 307 g/mol. The lowest BCUT2D eigenvalue weighted by Crippen LogP contribution is -2.52. The highest BCUT2D eigenvalue weighted by atomic mass is 32.1. The summed E-state index contributed by atoms with van der Waals surface area (Å²) in [7, 11) is 0. The van der Waals surface area contributed by atoms with Crippen molar-refractivity contribution in [2.45, 2.75) is 12.8 Å². The Morgan fingerprint density at radius 1 is 1.19 bits per heavy atom. The smallest absolute Gasteiger partial charge is 0.264 e. The summed E-state index contributed by atoms with van der Waals surface area (Å²) in [6.07, 6.45) is 2.59. The third-order valence-electron chi connectivity index (χ3n) is 4.06. The molecule has 0 atom stereocenters. The summed E-state index contributed by atoms with van der Waals surface area (Å²) in [6, 6.07) is 3.75. The highest BCUT2D eigenvalue weighted by Crippen LogP contribution is 2.27. The van der Waals surface area contributed by atoms with Gasteiger partial charge in [-0.05, 0) is 36.8 Å². The number of nitrogens with zero attached hydrogens (tertiary/aromatic N) is 2. The highest BCUT2D eigenvalue weighted by molar-refractivity contribution is 7.12. The summed E-state index contributed by atoms with van der Waals surface area (Å²) < 4.78 is 0. The quantitative estimate of drug-likeness (QED) is 0.884. The number of nitrogens with one attached hydrogen (secondary N) is 1. The van der Waals surface area contributed by atoms with Crippen LogP contribution in [0.25, 0.3) is 0 Å². The average Bonchev–Trinajstić information content (AvgIpc) is 3.17. The predicted molar refractivity (Wildman–Crippen MR) is 82.4 cm³/mol. The minimum absolute atomic E-state index is 0.0870. The van der Waals surface area contributed by atoms with Crippen molar-refractivity contribution < 1.29 is 9.59 Å². The first-order chi connectivity index (χ1) is 10.2. The summed E-state index contributed by atoms with van der Waals surface area (Å²) in [4.78, 5) is 28.8. The van der Waals surface area contributed by atoms with Gasteiger partial charge < -0.3 is 15.1 Å². The zero-order valence-electron chi connectivity index (χ0n) is 12.1. The fourth-order valence-electron chi connectivity index (χ4n) is 2.53. The molecule has 2 fully saturated rings. The Hall–Kier alpha value is -1.40. The van der Waals surface area contributed by atoms with Crippen LogP contribution in [0.5, 0.6) is 0 Å². The molecular formula is C15H21N3O2S. The van der Waals surface area contributed by atoms with Crippen LogP contribution in [0.4, 0.5) is 0 Å². The van der Waals surface area contributed by atoms with Crippen LogP contribution in [0.2, 0.25) is 0 Å². The Bertz CT molecular complexity index is 491. The number of amides is 2. The fraction of sp³-hybridized carbons (Fsp3) is 0.600. The molecule has 0 radical (unpaired) electrons.